The lowest BCUT2D eigenvalue weighted by Gasteiger charge is -2.31. The molecule has 0 bridgehead atoms. The van der Waals surface area contributed by atoms with Gasteiger partial charge in [0.15, 0.2) is 0 Å². The van der Waals surface area contributed by atoms with Crippen LogP contribution in [0.5, 0.6) is 5.75 Å². The van der Waals surface area contributed by atoms with Crippen molar-refractivity contribution in [1.29, 1.82) is 0 Å². The molecule has 5 heteroatoms. The van der Waals surface area contributed by atoms with Gasteiger partial charge in [0, 0.05) is 25.9 Å². The van der Waals surface area contributed by atoms with Gasteiger partial charge in [0.1, 0.15) is 5.75 Å². The summed E-state index contributed by atoms with van der Waals surface area (Å²) in [5.74, 6) is 1.00. The molecule has 1 N–H and O–H groups in total. The Bertz CT molecular complexity index is 532. The molecule has 1 fully saturated rings. The Balaban J connectivity index is 1.80. The van der Waals surface area contributed by atoms with Gasteiger partial charge in [-0.2, -0.15) is 0 Å². The van der Waals surface area contributed by atoms with Gasteiger partial charge in [0.2, 0.25) is 5.91 Å². The second kappa shape index (κ2) is 6.03. The van der Waals surface area contributed by atoms with Crippen LogP contribution in [0.25, 0.3) is 0 Å². The Morgan fingerprint density at radius 3 is 2.95 bits per heavy atom. The number of amides is 1. The molecule has 114 valence electrons. The molecule has 0 saturated carbocycles. The van der Waals surface area contributed by atoms with E-state index in [1.807, 2.05) is 23.1 Å². The van der Waals surface area contributed by atoms with E-state index in [0.29, 0.717) is 0 Å². The van der Waals surface area contributed by atoms with Gasteiger partial charge in [0.05, 0.1) is 19.3 Å². The Hall–Kier alpha value is -1.59. The molecule has 0 radical (unpaired) electrons. The van der Waals surface area contributed by atoms with Gasteiger partial charge in [-0.05, 0) is 43.0 Å². The minimum absolute atomic E-state index is 0.136. The number of methoxy groups -OCH3 is 2. The molecule has 2 aliphatic rings. The fourth-order valence-electron chi connectivity index (χ4n) is 3.19. The van der Waals surface area contributed by atoms with Crippen molar-refractivity contribution < 1.29 is 14.3 Å². The molecule has 2 heterocycles. The molecule has 2 aliphatic heterocycles. The minimum atomic E-state index is -0.136. The van der Waals surface area contributed by atoms with Crippen LogP contribution in [0.4, 0.5) is 5.69 Å². The molecule has 1 aromatic carbocycles. The van der Waals surface area contributed by atoms with Gasteiger partial charge in [-0.25, -0.2) is 0 Å². The van der Waals surface area contributed by atoms with Crippen LogP contribution in [0, 0.1) is 0 Å². The van der Waals surface area contributed by atoms with Crippen molar-refractivity contribution in [2.45, 2.75) is 31.4 Å². The standard InChI is InChI=1S/C16H22N2O3/c1-20-12-5-6-15-11(8-12)4-3-7-18(15)16(19)14-9-13(21-2)10-17-14/h5-6,8,13-14,17H,3-4,7,9-10H2,1-2H3. The summed E-state index contributed by atoms with van der Waals surface area (Å²) in [4.78, 5) is 14.7. The quantitative estimate of drug-likeness (QED) is 0.913. The van der Waals surface area contributed by atoms with E-state index in [2.05, 4.69) is 5.32 Å². The molecular weight excluding hydrogens is 268 g/mol. The number of aryl methyl sites for hydroxylation is 1. The Morgan fingerprint density at radius 2 is 2.24 bits per heavy atom. The first kappa shape index (κ1) is 14.4. The normalized spacial score (nSPS) is 24.8. The van der Waals surface area contributed by atoms with E-state index in [1.165, 1.54) is 5.56 Å². The summed E-state index contributed by atoms with van der Waals surface area (Å²) in [7, 11) is 3.36. The van der Waals surface area contributed by atoms with Crippen molar-refractivity contribution in [3.8, 4) is 5.75 Å². The largest absolute Gasteiger partial charge is 0.497 e. The summed E-state index contributed by atoms with van der Waals surface area (Å²) in [6.07, 6.45) is 2.87. The first-order valence-electron chi connectivity index (χ1n) is 7.47. The predicted molar refractivity (Wildman–Crippen MR) is 80.9 cm³/mol. The van der Waals surface area contributed by atoms with Crippen molar-refractivity contribution in [3.63, 3.8) is 0 Å². The Labute approximate surface area is 125 Å². The van der Waals surface area contributed by atoms with Crippen molar-refractivity contribution >= 4 is 11.6 Å². The highest BCUT2D eigenvalue weighted by atomic mass is 16.5. The molecule has 1 saturated heterocycles. The maximum atomic E-state index is 12.8. The van der Waals surface area contributed by atoms with E-state index < -0.39 is 0 Å². The summed E-state index contributed by atoms with van der Waals surface area (Å²) >= 11 is 0. The average molecular weight is 290 g/mol. The van der Waals surface area contributed by atoms with Crippen molar-refractivity contribution in [2.75, 3.05) is 32.2 Å². The number of anilines is 1. The number of fused-ring (bicyclic) bond motifs is 1. The van der Waals surface area contributed by atoms with E-state index in [1.54, 1.807) is 14.2 Å². The fraction of sp³-hybridized carbons (Fsp3) is 0.562. The molecule has 0 spiro atoms. The second-order valence-electron chi connectivity index (χ2n) is 5.64. The number of hydrogen-bond acceptors (Lipinski definition) is 4. The maximum absolute atomic E-state index is 12.8. The Kier molecular flexibility index (Phi) is 4.12. The summed E-state index contributed by atoms with van der Waals surface area (Å²) in [5.41, 5.74) is 2.21. The lowest BCUT2D eigenvalue weighted by Crippen LogP contribution is -2.45. The number of carbonyl (C=O) groups excluding carboxylic acids is 1. The summed E-state index contributed by atoms with van der Waals surface area (Å²) in [6, 6.07) is 5.82. The van der Waals surface area contributed by atoms with Crippen LogP contribution in [0.1, 0.15) is 18.4 Å². The topological polar surface area (TPSA) is 50.8 Å². The van der Waals surface area contributed by atoms with E-state index in [0.717, 1.165) is 43.8 Å². The average Bonchev–Trinajstić information content (AvgIpc) is 3.02. The number of carbonyl (C=O) groups is 1. The third kappa shape index (κ3) is 2.76. The van der Waals surface area contributed by atoms with Gasteiger partial charge in [-0.15, -0.1) is 0 Å². The highest BCUT2D eigenvalue weighted by Crippen LogP contribution is 2.31. The molecule has 5 nitrogen and oxygen atoms in total. The predicted octanol–water partition coefficient (Wildman–Crippen LogP) is 1.35. The van der Waals surface area contributed by atoms with Crippen molar-refractivity contribution in [1.82, 2.24) is 5.32 Å². The fourth-order valence-corrected chi connectivity index (χ4v) is 3.19. The van der Waals surface area contributed by atoms with E-state index >= 15 is 0 Å². The number of nitrogens with one attached hydrogen (secondary N) is 1. The molecule has 1 amide bonds. The van der Waals surface area contributed by atoms with E-state index in [9.17, 15) is 4.79 Å². The zero-order valence-corrected chi connectivity index (χ0v) is 12.6. The number of benzene rings is 1. The number of hydrogen-bond donors (Lipinski definition) is 1. The van der Waals surface area contributed by atoms with Crippen LogP contribution >= 0.6 is 0 Å². The van der Waals surface area contributed by atoms with Gasteiger partial charge in [0.25, 0.3) is 0 Å². The van der Waals surface area contributed by atoms with Crippen LogP contribution in [0.2, 0.25) is 0 Å². The number of ether oxygens (including phenoxy) is 2. The van der Waals surface area contributed by atoms with Crippen LogP contribution in [0.15, 0.2) is 18.2 Å². The van der Waals surface area contributed by atoms with Crippen LogP contribution in [0.3, 0.4) is 0 Å². The molecule has 21 heavy (non-hydrogen) atoms. The lowest BCUT2D eigenvalue weighted by molar-refractivity contribution is -0.120. The zero-order chi connectivity index (χ0) is 14.8. The molecule has 0 aliphatic carbocycles. The Morgan fingerprint density at radius 1 is 1.38 bits per heavy atom. The smallest absolute Gasteiger partial charge is 0.244 e. The highest BCUT2D eigenvalue weighted by molar-refractivity contribution is 5.98. The van der Waals surface area contributed by atoms with Crippen LogP contribution in [-0.2, 0) is 16.0 Å². The highest BCUT2D eigenvalue weighted by Gasteiger charge is 2.34. The molecule has 2 atom stereocenters. The monoisotopic (exact) mass is 290 g/mol. The number of rotatable bonds is 3. The van der Waals surface area contributed by atoms with E-state index in [4.69, 9.17) is 9.47 Å². The summed E-state index contributed by atoms with van der Waals surface area (Å²) in [6.45, 7) is 1.53. The first-order valence-corrected chi connectivity index (χ1v) is 7.47. The molecule has 1 aromatic rings. The molecule has 3 rings (SSSR count). The van der Waals surface area contributed by atoms with Crippen LogP contribution < -0.4 is 15.0 Å². The first-order chi connectivity index (χ1) is 10.2. The number of nitrogens with zero attached hydrogens (tertiary/aromatic N) is 1. The van der Waals surface area contributed by atoms with Gasteiger partial charge >= 0.3 is 0 Å². The molecule has 2 unspecified atom stereocenters. The van der Waals surface area contributed by atoms with Gasteiger partial charge < -0.3 is 19.7 Å². The summed E-state index contributed by atoms with van der Waals surface area (Å²) in [5, 5.41) is 3.27. The zero-order valence-electron chi connectivity index (χ0n) is 12.6. The third-order valence-electron chi connectivity index (χ3n) is 4.39. The third-order valence-corrected chi connectivity index (χ3v) is 4.39. The minimum Gasteiger partial charge on any atom is -0.497 e. The maximum Gasteiger partial charge on any atom is 0.244 e. The second-order valence-corrected chi connectivity index (χ2v) is 5.64. The molecule has 0 aromatic heterocycles. The van der Waals surface area contributed by atoms with Crippen LogP contribution in [-0.4, -0.2) is 45.4 Å². The lowest BCUT2D eigenvalue weighted by atomic mass is 10.00. The van der Waals surface area contributed by atoms with Gasteiger partial charge in [-0.3, -0.25) is 4.79 Å². The van der Waals surface area contributed by atoms with Gasteiger partial charge in [-0.1, -0.05) is 0 Å². The van der Waals surface area contributed by atoms with E-state index in [-0.39, 0.29) is 18.1 Å². The van der Waals surface area contributed by atoms with Crippen molar-refractivity contribution in [3.05, 3.63) is 23.8 Å². The van der Waals surface area contributed by atoms with Crippen molar-refractivity contribution in [2.24, 2.45) is 0 Å². The summed E-state index contributed by atoms with van der Waals surface area (Å²) < 4.78 is 10.6. The molecular formula is C16H22N2O3. The SMILES string of the molecule is COc1ccc2c(c1)CCCN2C(=O)C1CC(OC)CN1.